The van der Waals surface area contributed by atoms with Crippen LogP contribution in [0.25, 0.3) is 10.9 Å². The maximum Gasteiger partial charge on any atom is 0.0718 e. The fraction of sp³-hybridized carbons (Fsp3) is 0.588. The highest BCUT2D eigenvalue weighted by atomic mass is 15.3. The largest absolute Gasteiger partial charge is 0.317 e. The van der Waals surface area contributed by atoms with Crippen molar-refractivity contribution in [2.24, 2.45) is 7.05 Å². The Kier molecular flexibility index (Phi) is 5.76. The molecular weight excluding hydrogens is 260 g/mol. The lowest BCUT2D eigenvalue weighted by Gasteiger charge is -2.22. The lowest BCUT2D eigenvalue weighted by atomic mass is 10.0. The number of fused-ring (bicyclic) bond motifs is 1. The third-order valence-electron chi connectivity index (χ3n) is 4.37. The van der Waals surface area contributed by atoms with E-state index in [0.717, 1.165) is 32.5 Å². The van der Waals surface area contributed by atoms with E-state index >= 15 is 0 Å². The minimum Gasteiger partial charge on any atom is -0.317 e. The van der Waals surface area contributed by atoms with Crippen molar-refractivity contribution < 1.29 is 0 Å². The monoisotopic (exact) mass is 288 g/mol. The Labute approximate surface area is 128 Å². The van der Waals surface area contributed by atoms with Gasteiger partial charge in [-0.1, -0.05) is 32.0 Å². The van der Waals surface area contributed by atoms with E-state index in [1.807, 2.05) is 11.7 Å². The third-order valence-corrected chi connectivity index (χ3v) is 4.37. The first-order valence-corrected chi connectivity index (χ1v) is 7.99. The molecule has 0 bridgehead atoms. The van der Waals surface area contributed by atoms with Gasteiger partial charge in [0.2, 0.25) is 0 Å². The van der Waals surface area contributed by atoms with E-state index in [0.29, 0.717) is 6.04 Å². The van der Waals surface area contributed by atoms with Crippen LogP contribution in [-0.2, 0) is 13.5 Å². The van der Waals surface area contributed by atoms with Crippen LogP contribution in [0.5, 0.6) is 0 Å². The van der Waals surface area contributed by atoms with Gasteiger partial charge in [0.25, 0.3) is 0 Å². The van der Waals surface area contributed by atoms with Crippen LogP contribution in [0.3, 0.4) is 0 Å². The van der Waals surface area contributed by atoms with Crippen LogP contribution in [0.1, 0.15) is 26.0 Å². The fourth-order valence-corrected chi connectivity index (χ4v) is 2.90. The van der Waals surface area contributed by atoms with Gasteiger partial charge in [-0.2, -0.15) is 5.10 Å². The van der Waals surface area contributed by atoms with Crippen LogP contribution in [0.4, 0.5) is 0 Å². The Morgan fingerprint density at radius 1 is 1.24 bits per heavy atom. The summed E-state index contributed by atoms with van der Waals surface area (Å²) in [4.78, 5) is 2.47. The first-order chi connectivity index (χ1) is 10.2. The predicted molar refractivity (Wildman–Crippen MR) is 89.7 cm³/mol. The van der Waals surface area contributed by atoms with Crippen molar-refractivity contribution in [3.05, 3.63) is 30.0 Å². The zero-order valence-electron chi connectivity index (χ0n) is 13.8. The molecule has 0 saturated heterocycles. The zero-order valence-corrected chi connectivity index (χ0v) is 13.8. The van der Waals surface area contributed by atoms with Crippen molar-refractivity contribution in [2.45, 2.75) is 32.7 Å². The second-order valence-corrected chi connectivity index (χ2v) is 5.59. The highest BCUT2D eigenvalue weighted by Gasteiger charge is 2.14. The van der Waals surface area contributed by atoms with Gasteiger partial charge in [0.15, 0.2) is 0 Å². The Balaban J connectivity index is 2.06. The summed E-state index contributed by atoms with van der Waals surface area (Å²) >= 11 is 0. The average Bonchev–Trinajstić information content (AvgIpc) is 2.84. The van der Waals surface area contributed by atoms with Crippen molar-refractivity contribution in [3.63, 3.8) is 0 Å². The number of aromatic nitrogens is 2. The molecule has 4 heteroatoms. The molecule has 1 unspecified atom stereocenters. The van der Waals surface area contributed by atoms with Crippen LogP contribution in [0.2, 0.25) is 0 Å². The number of benzene rings is 1. The molecule has 1 N–H and O–H groups in total. The highest BCUT2D eigenvalue weighted by Crippen LogP contribution is 2.19. The van der Waals surface area contributed by atoms with Crippen molar-refractivity contribution in [1.82, 2.24) is 20.0 Å². The van der Waals surface area contributed by atoms with E-state index in [-0.39, 0.29) is 0 Å². The molecule has 0 aliphatic carbocycles. The Morgan fingerprint density at radius 2 is 1.95 bits per heavy atom. The molecule has 0 aliphatic heterocycles. The fourth-order valence-electron chi connectivity index (χ4n) is 2.90. The van der Waals surface area contributed by atoms with Gasteiger partial charge >= 0.3 is 0 Å². The van der Waals surface area contributed by atoms with E-state index in [9.17, 15) is 0 Å². The van der Waals surface area contributed by atoms with Crippen LogP contribution in [-0.4, -0.2) is 47.4 Å². The van der Waals surface area contributed by atoms with Crippen LogP contribution >= 0.6 is 0 Å². The topological polar surface area (TPSA) is 33.1 Å². The predicted octanol–water partition coefficient (Wildman–Crippen LogP) is 2.44. The third kappa shape index (κ3) is 3.83. The van der Waals surface area contributed by atoms with Crippen molar-refractivity contribution in [2.75, 3.05) is 26.7 Å². The summed E-state index contributed by atoms with van der Waals surface area (Å²) in [5.74, 6) is 0. The first kappa shape index (κ1) is 16.0. The Morgan fingerprint density at radius 3 is 2.62 bits per heavy atom. The van der Waals surface area contributed by atoms with Gasteiger partial charge in [-0.15, -0.1) is 0 Å². The number of nitrogens with one attached hydrogen (secondary N) is 1. The molecule has 1 atom stereocenters. The molecular formula is C17H28N4. The van der Waals surface area contributed by atoms with E-state index in [1.165, 1.54) is 16.6 Å². The van der Waals surface area contributed by atoms with Crippen molar-refractivity contribution >= 4 is 10.9 Å². The summed E-state index contributed by atoms with van der Waals surface area (Å²) in [6, 6.07) is 8.95. The molecule has 1 aromatic carbocycles. The van der Waals surface area contributed by atoms with Crippen LogP contribution in [0, 0.1) is 0 Å². The summed E-state index contributed by atoms with van der Waals surface area (Å²) in [5.41, 5.74) is 2.41. The molecule has 0 saturated carbocycles. The molecule has 116 valence electrons. The van der Waals surface area contributed by atoms with E-state index in [4.69, 9.17) is 5.10 Å². The number of hydrogen-bond acceptors (Lipinski definition) is 3. The molecule has 2 aromatic rings. The summed E-state index contributed by atoms with van der Waals surface area (Å²) < 4.78 is 1.99. The SMILES string of the molecule is CCN(CC)CCC(Cc1nn(C)c2ccccc12)NC. The first-order valence-electron chi connectivity index (χ1n) is 7.99. The molecule has 1 aromatic heterocycles. The number of nitrogens with zero attached hydrogens (tertiary/aromatic N) is 3. The number of hydrogen-bond donors (Lipinski definition) is 1. The number of aryl methyl sites for hydroxylation is 1. The van der Waals surface area contributed by atoms with Gasteiger partial charge in [0, 0.05) is 24.9 Å². The van der Waals surface area contributed by atoms with Gasteiger partial charge in [0.05, 0.1) is 11.2 Å². The van der Waals surface area contributed by atoms with Gasteiger partial charge in [0.1, 0.15) is 0 Å². The van der Waals surface area contributed by atoms with E-state index < -0.39 is 0 Å². The van der Waals surface area contributed by atoms with E-state index in [1.54, 1.807) is 0 Å². The lowest BCUT2D eigenvalue weighted by Crippen LogP contribution is -2.34. The summed E-state index contributed by atoms with van der Waals surface area (Å²) in [6.45, 7) is 7.84. The minimum absolute atomic E-state index is 0.476. The maximum absolute atomic E-state index is 4.71. The molecule has 1 heterocycles. The summed E-state index contributed by atoms with van der Waals surface area (Å²) in [7, 11) is 4.08. The van der Waals surface area contributed by atoms with Gasteiger partial charge in [-0.3, -0.25) is 4.68 Å². The van der Waals surface area contributed by atoms with Crippen molar-refractivity contribution in [3.8, 4) is 0 Å². The summed E-state index contributed by atoms with van der Waals surface area (Å²) in [5, 5.41) is 9.44. The molecule has 2 rings (SSSR count). The quantitative estimate of drug-likeness (QED) is 0.810. The molecule has 0 aliphatic rings. The normalized spacial score (nSPS) is 13.2. The van der Waals surface area contributed by atoms with Crippen LogP contribution in [0.15, 0.2) is 24.3 Å². The molecule has 0 amide bonds. The standard InChI is InChI=1S/C17H28N4/c1-5-21(6-2)12-11-14(18-3)13-16-15-9-7-8-10-17(15)20(4)19-16/h7-10,14,18H,5-6,11-13H2,1-4H3. The molecule has 0 radical (unpaired) electrons. The Hall–Kier alpha value is -1.39. The second kappa shape index (κ2) is 7.57. The average molecular weight is 288 g/mol. The molecule has 0 spiro atoms. The summed E-state index contributed by atoms with van der Waals surface area (Å²) in [6.07, 6.45) is 2.14. The van der Waals surface area contributed by atoms with Gasteiger partial charge in [-0.25, -0.2) is 0 Å². The number of para-hydroxylation sites is 1. The Bertz CT molecular complexity index is 557. The maximum atomic E-state index is 4.71. The van der Waals surface area contributed by atoms with Crippen LogP contribution < -0.4 is 5.32 Å². The van der Waals surface area contributed by atoms with Crippen molar-refractivity contribution in [1.29, 1.82) is 0 Å². The molecule has 21 heavy (non-hydrogen) atoms. The van der Waals surface area contributed by atoms with E-state index in [2.05, 4.69) is 55.4 Å². The smallest absolute Gasteiger partial charge is 0.0718 e. The highest BCUT2D eigenvalue weighted by molar-refractivity contribution is 5.81. The number of likely N-dealkylation sites (N-methyl/N-ethyl adjacent to an activating group) is 1. The van der Waals surface area contributed by atoms with Gasteiger partial charge in [-0.05, 0) is 39.2 Å². The molecule has 4 nitrogen and oxygen atoms in total. The minimum atomic E-state index is 0.476. The second-order valence-electron chi connectivity index (χ2n) is 5.59. The van der Waals surface area contributed by atoms with Gasteiger partial charge < -0.3 is 10.2 Å². The number of rotatable bonds is 8. The lowest BCUT2D eigenvalue weighted by molar-refractivity contribution is 0.283. The zero-order chi connectivity index (χ0) is 15.2. The molecule has 0 fully saturated rings.